The number of methoxy groups -OCH3 is 2. The third-order valence-electron chi connectivity index (χ3n) is 6.41. The van der Waals surface area contributed by atoms with Gasteiger partial charge in [0.25, 0.3) is 0 Å². The summed E-state index contributed by atoms with van der Waals surface area (Å²) in [7, 11) is 3.21. The van der Waals surface area contributed by atoms with Gasteiger partial charge < -0.3 is 24.5 Å². The lowest BCUT2D eigenvalue weighted by molar-refractivity contribution is -0.115. The molecule has 5 unspecified atom stereocenters. The Balaban J connectivity index is 2.10. The highest BCUT2D eigenvalue weighted by atomic mass is 16.6. The Hall–Kier alpha value is -1.98. The molecule has 0 spiro atoms. The average molecular weight is 401 g/mol. The van der Waals surface area contributed by atoms with E-state index < -0.39 is 0 Å². The standard InChI is InChI=1S/C24H34NO4/c1-7-15(2)21-16(3)13-17(4)22(29-21)20-23(27-5)19(14-25(26)24(20)28-6)18-11-9-8-10-12-18/h8-12,15-17,21-22H,7,13-14H2,1-6H3/q-1. The molecule has 5 nitrogen and oxygen atoms in total. The van der Waals surface area contributed by atoms with Crippen molar-refractivity contribution < 1.29 is 14.2 Å². The molecule has 0 saturated carbocycles. The Labute approximate surface area is 174 Å². The predicted octanol–water partition coefficient (Wildman–Crippen LogP) is 5.19. The lowest BCUT2D eigenvalue weighted by atomic mass is 9.78. The van der Waals surface area contributed by atoms with Crippen molar-refractivity contribution in [3.63, 3.8) is 0 Å². The summed E-state index contributed by atoms with van der Waals surface area (Å²) < 4.78 is 18.2. The van der Waals surface area contributed by atoms with Crippen LogP contribution >= 0.6 is 0 Å². The van der Waals surface area contributed by atoms with Crippen molar-refractivity contribution in [2.24, 2.45) is 17.8 Å². The molecular weight excluding hydrogens is 366 g/mol. The van der Waals surface area contributed by atoms with Crippen molar-refractivity contribution in [3.05, 3.63) is 58.3 Å². The molecule has 1 aromatic carbocycles. The van der Waals surface area contributed by atoms with Crippen LogP contribution in [0.1, 0.15) is 46.1 Å². The van der Waals surface area contributed by atoms with E-state index >= 15 is 0 Å². The minimum atomic E-state index is -0.245. The van der Waals surface area contributed by atoms with Crippen LogP contribution in [0.25, 0.3) is 5.57 Å². The minimum Gasteiger partial charge on any atom is -0.756 e. The first kappa shape index (κ1) is 21.7. The summed E-state index contributed by atoms with van der Waals surface area (Å²) in [5.41, 5.74) is 2.59. The zero-order valence-corrected chi connectivity index (χ0v) is 18.5. The largest absolute Gasteiger partial charge is 0.756 e. The van der Waals surface area contributed by atoms with Crippen molar-refractivity contribution in [3.8, 4) is 0 Å². The average Bonchev–Trinajstić information content (AvgIpc) is 2.73. The Morgan fingerprint density at radius 2 is 1.83 bits per heavy atom. The number of nitrogens with zero attached hydrogens (tertiary/aromatic N) is 1. The van der Waals surface area contributed by atoms with Gasteiger partial charge in [-0.05, 0) is 29.7 Å². The molecule has 160 valence electrons. The molecule has 1 fully saturated rings. The third kappa shape index (κ3) is 4.17. The molecule has 0 aromatic heterocycles. The fraction of sp³-hybridized carbons (Fsp3) is 0.583. The highest BCUT2D eigenvalue weighted by Gasteiger charge is 2.42. The van der Waals surface area contributed by atoms with Crippen LogP contribution in [0.3, 0.4) is 0 Å². The van der Waals surface area contributed by atoms with Crippen molar-refractivity contribution in [2.75, 3.05) is 20.8 Å². The molecule has 1 aromatic rings. The first-order valence-corrected chi connectivity index (χ1v) is 10.6. The van der Waals surface area contributed by atoms with Crippen LogP contribution in [0.2, 0.25) is 0 Å². The van der Waals surface area contributed by atoms with Crippen LogP contribution in [0.4, 0.5) is 0 Å². The molecule has 5 atom stereocenters. The van der Waals surface area contributed by atoms with E-state index in [-0.39, 0.29) is 24.7 Å². The maximum Gasteiger partial charge on any atom is 0.188 e. The minimum absolute atomic E-state index is 0.145. The van der Waals surface area contributed by atoms with Crippen molar-refractivity contribution in [2.45, 2.75) is 52.7 Å². The van der Waals surface area contributed by atoms with Gasteiger partial charge in [-0.1, -0.05) is 64.4 Å². The molecule has 0 amide bonds. The van der Waals surface area contributed by atoms with Gasteiger partial charge in [0.2, 0.25) is 0 Å². The molecule has 2 aliphatic heterocycles. The summed E-state index contributed by atoms with van der Waals surface area (Å²) in [5.74, 6) is 2.17. The second-order valence-corrected chi connectivity index (χ2v) is 8.43. The van der Waals surface area contributed by atoms with Crippen LogP contribution in [0.5, 0.6) is 0 Å². The zero-order valence-electron chi connectivity index (χ0n) is 18.5. The van der Waals surface area contributed by atoms with E-state index in [0.717, 1.165) is 34.6 Å². The summed E-state index contributed by atoms with van der Waals surface area (Å²) >= 11 is 0. The van der Waals surface area contributed by atoms with E-state index in [1.807, 2.05) is 30.3 Å². The van der Waals surface area contributed by atoms with Gasteiger partial charge in [0.1, 0.15) is 5.76 Å². The lowest BCUT2D eigenvalue weighted by Crippen LogP contribution is -2.45. The van der Waals surface area contributed by atoms with Gasteiger partial charge in [-0.3, -0.25) is 0 Å². The fourth-order valence-electron chi connectivity index (χ4n) is 4.80. The fourth-order valence-corrected chi connectivity index (χ4v) is 4.80. The second-order valence-electron chi connectivity index (χ2n) is 8.43. The topological polar surface area (TPSA) is 54.0 Å². The van der Waals surface area contributed by atoms with Gasteiger partial charge in [-0.2, -0.15) is 0 Å². The number of hydrogen-bond acceptors (Lipinski definition) is 5. The van der Waals surface area contributed by atoms with Gasteiger partial charge in [0.15, 0.2) is 5.88 Å². The summed E-state index contributed by atoms with van der Waals surface area (Å²) in [6.45, 7) is 9.07. The third-order valence-corrected chi connectivity index (χ3v) is 6.41. The van der Waals surface area contributed by atoms with E-state index in [2.05, 4.69) is 27.7 Å². The molecule has 1 saturated heterocycles. The van der Waals surface area contributed by atoms with Gasteiger partial charge in [0, 0.05) is 12.1 Å². The predicted molar refractivity (Wildman–Crippen MR) is 116 cm³/mol. The smallest absolute Gasteiger partial charge is 0.188 e. The van der Waals surface area contributed by atoms with Crippen LogP contribution in [-0.2, 0) is 14.2 Å². The van der Waals surface area contributed by atoms with E-state index in [1.165, 1.54) is 0 Å². The maximum absolute atomic E-state index is 13.0. The van der Waals surface area contributed by atoms with E-state index in [1.54, 1.807) is 14.2 Å². The lowest BCUT2D eigenvalue weighted by Gasteiger charge is -2.46. The molecule has 0 bridgehead atoms. The molecule has 0 N–H and O–H groups in total. The van der Waals surface area contributed by atoms with E-state index in [4.69, 9.17) is 14.2 Å². The summed E-state index contributed by atoms with van der Waals surface area (Å²) in [4.78, 5) is 0. The maximum atomic E-state index is 13.0. The normalized spacial score (nSPS) is 29.1. The molecule has 2 aliphatic rings. The van der Waals surface area contributed by atoms with Gasteiger partial charge in [-0.25, -0.2) is 0 Å². The number of hydroxylamine groups is 2. The monoisotopic (exact) mass is 400 g/mol. The number of ether oxygens (including phenoxy) is 3. The Kier molecular flexibility index (Phi) is 6.91. The Morgan fingerprint density at radius 1 is 1.14 bits per heavy atom. The van der Waals surface area contributed by atoms with E-state index in [0.29, 0.717) is 23.5 Å². The van der Waals surface area contributed by atoms with Crippen LogP contribution in [0, 0.1) is 23.0 Å². The van der Waals surface area contributed by atoms with Crippen molar-refractivity contribution in [1.29, 1.82) is 0 Å². The van der Waals surface area contributed by atoms with Gasteiger partial charge in [-0.15, -0.1) is 0 Å². The number of benzene rings is 1. The van der Waals surface area contributed by atoms with Crippen LogP contribution < -0.4 is 0 Å². The summed E-state index contributed by atoms with van der Waals surface area (Å²) in [6.07, 6.45) is 2.00. The first-order valence-electron chi connectivity index (χ1n) is 10.6. The molecule has 29 heavy (non-hydrogen) atoms. The number of hydrogen-bond donors (Lipinski definition) is 0. The molecular formula is C24H34NO4-. The quantitative estimate of drug-likeness (QED) is 0.658. The summed E-state index contributed by atoms with van der Waals surface area (Å²) in [5, 5.41) is 13.9. The number of rotatable bonds is 6. The Morgan fingerprint density at radius 3 is 2.41 bits per heavy atom. The highest BCUT2D eigenvalue weighted by Crippen LogP contribution is 2.43. The highest BCUT2D eigenvalue weighted by molar-refractivity contribution is 5.74. The second kappa shape index (κ2) is 9.23. The molecule has 0 radical (unpaired) electrons. The molecule has 2 heterocycles. The molecule has 3 rings (SSSR count). The zero-order chi connectivity index (χ0) is 21.1. The molecule has 0 aliphatic carbocycles. The van der Waals surface area contributed by atoms with E-state index in [9.17, 15) is 5.21 Å². The van der Waals surface area contributed by atoms with Crippen molar-refractivity contribution >= 4 is 5.57 Å². The van der Waals surface area contributed by atoms with Crippen LogP contribution in [-0.4, -0.2) is 38.0 Å². The SMILES string of the molecule is CCC(C)C1OC(C2=C(OC)N([O-])CC(c3ccccc3)=C2OC)C(C)CC1C. The van der Waals surface area contributed by atoms with Gasteiger partial charge >= 0.3 is 0 Å². The van der Waals surface area contributed by atoms with Crippen LogP contribution in [0.15, 0.2) is 47.5 Å². The summed E-state index contributed by atoms with van der Waals surface area (Å²) in [6, 6.07) is 9.93. The molecule has 5 heteroatoms. The van der Waals surface area contributed by atoms with Gasteiger partial charge in [0.05, 0.1) is 32.0 Å². The Bertz CT molecular complexity index is 757. The first-order chi connectivity index (χ1) is 13.9. The van der Waals surface area contributed by atoms with Crippen molar-refractivity contribution in [1.82, 2.24) is 5.06 Å².